The predicted molar refractivity (Wildman–Crippen MR) is 162 cm³/mol. The number of halogens is 3. The van der Waals surface area contributed by atoms with Crippen molar-refractivity contribution in [3.05, 3.63) is 129 Å². The summed E-state index contributed by atoms with van der Waals surface area (Å²) in [7, 11) is 4.00. The lowest BCUT2D eigenvalue weighted by Crippen LogP contribution is -2.33. The first-order chi connectivity index (χ1) is 21.2. The van der Waals surface area contributed by atoms with Crippen LogP contribution in [0.4, 0.5) is 24.8 Å². The van der Waals surface area contributed by atoms with E-state index < -0.39 is 28.9 Å². The Labute approximate surface area is 250 Å². The van der Waals surface area contributed by atoms with Crippen molar-refractivity contribution in [3.63, 3.8) is 0 Å². The molecule has 2 aromatic heterocycles. The molecule has 0 bridgehead atoms. The van der Waals surface area contributed by atoms with Crippen LogP contribution in [-0.4, -0.2) is 51.0 Å². The molecule has 9 nitrogen and oxygen atoms in total. The molecule has 0 unspecified atom stereocenters. The molecule has 2 N–H and O–H groups in total. The number of hydrogen-bond acceptors (Lipinski definition) is 7. The van der Waals surface area contributed by atoms with E-state index in [1.807, 2.05) is 38.4 Å². The molecule has 0 atom stereocenters. The highest BCUT2D eigenvalue weighted by atomic mass is 19.2. The van der Waals surface area contributed by atoms with Crippen molar-refractivity contribution in [2.45, 2.75) is 13.1 Å². The van der Waals surface area contributed by atoms with Crippen LogP contribution < -0.4 is 16.2 Å². The van der Waals surface area contributed by atoms with E-state index in [1.54, 1.807) is 12.1 Å². The SMILES string of the molecule is CN(C)Cc1ccc(Nc2ncc3c(F)c(C=CCNC(=O)c4cncn(Cc5ccc(F)c(F)c5)c4=O)ccc3n2)cc1. The van der Waals surface area contributed by atoms with Gasteiger partial charge in [0.05, 0.1) is 23.8 Å². The zero-order chi connectivity index (χ0) is 31.2. The Hall–Kier alpha value is -5.36. The van der Waals surface area contributed by atoms with Crippen LogP contribution in [0.5, 0.6) is 0 Å². The lowest BCUT2D eigenvalue weighted by atomic mass is 10.1. The normalized spacial score (nSPS) is 11.4. The first kappa shape index (κ1) is 30.1. The zero-order valence-corrected chi connectivity index (χ0v) is 23.9. The fraction of sp³-hybridized carbons (Fsp3) is 0.156. The van der Waals surface area contributed by atoms with Gasteiger partial charge in [-0.25, -0.2) is 28.1 Å². The highest BCUT2D eigenvalue weighted by Gasteiger charge is 2.14. The van der Waals surface area contributed by atoms with Gasteiger partial charge in [0.2, 0.25) is 5.95 Å². The molecule has 0 saturated heterocycles. The molecular weight excluding hydrogens is 571 g/mol. The molecule has 0 aliphatic rings. The van der Waals surface area contributed by atoms with Gasteiger partial charge in [0, 0.05) is 36.7 Å². The van der Waals surface area contributed by atoms with Gasteiger partial charge in [-0.1, -0.05) is 30.4 Å². The molecule has 1 amide bonds. The summed E-state index contributed by atoms with van der Waals surface area (Å²) >= 11 is 0. The lowest BCUT2D eigenvalue weighted by molar-refractivity contribution is 0.0955. The molecule has 0 aliphatic carbocycles. The Morgan fingerprint density at radius 3 is 2.50 bits per heavy atom. The Morgan fingerprint density at radius 1 is 0.977 bits per heavy atom. The Morgan fingerprint density at radius 2 is 1.75 bits per heavy atom. The van der Waals surface area contributed by atoms with Crippen molar-refractivity contribution in [3.8, 4) is 0 Å². The minimum atomic E-state index is -1.04. The number of carbonyl (C=O) groups is 1. The number of hydrogen-bond donors (Lipinski definition) is 2. The summed E-state index contributed by atoms with van der Waals surface area (Å²) in [6, 6.07) is 14.4. The van der Waals surface area contributed by atoms with Crippen molar-refractivity contribution in [1.29, 1.82) is 0 Å². The van der Waals surface area contributed by atoms with Crippen LogP contribution in [0.1, 0.15) is 27.0 Å². The van der Waals surface area contributed by atoms with Crippen molar-refractivity contribution in [2.24, 2.45) is 0 Å². The van der Waals surface area contributed by atoms with Gasteiger partial charge >= 0.3 is 0 Å². The molecule has 0 fully saturated rings. The third-order valence-electron chi connectivity index (χ3n) is 6.60. The van der Waals surface area contributed by atoms with E-state index in [9.17, 15) is 18.4 Å². The third-order valence-corrected chi connectivity index (χ3v) is 6.60. The number of amides is 1. The first-order valence-electron chi connectivity index (χ1n) is 13.6. The Bertz CT molecular complexity index is 1910. The second-order valence-electron chi connectivity index (χ2n) is 10.3. The minimum Gasteiger partial charge on any atom is -0.348 e. The monoisotopic (exact) mass is 599 g/mol. The van der Waals surface area contributed by atoms with Crippen LogP contribution in [0.25, 0.3) is 17.0 Å². The van der Waals surface area contributed by atoms with Crippen molar-refractivity contribution in [1.82, 2.24) is 29.7 Å². The van der Waals surface area contributed by atoms with Gasteiger partial charge in [-0.05, 0) is 61.6 Å². The Balaban J connectivity index is 1.21. The molecule has 0 saturated carbocycles. The van der Waals surface area contributed by atoms with E-state index in [1.165, 1.54) is 36.3 Å². The van der Waals surface area contributed by atoms with Crippen molar-refractivity contribution >= 4 is 34.5 Å². The molecule has 44 heavy (non-hydrogen) atoms. The van der Waals surface area contributed by atoms with Crippen LogP contribution in [-0.2, 0) is 13.1 Å². The maximum atomic E-state index is 15.2. The fourth-order valence-electron chi connectivity index (χ4n) is 4.45. The quantitative estimate of drug-likeness (QED) is 0.235. The van der Waals surface area contributed by atoms with E-state index in [0.29, 0.717) is 17.0 Å². The molecule has 3 aromatic carbocycles. The number of nitrogens with one attached hydrogen (secondary N) is 2. The predicted octanol–water partition coefficient (Wildman–Crippen LogP) is 4.90. The van der Waals surface area contributed by atoms with Gasteiger partial charge < -0.3 is 15.5 Å². The summed E-state index contributed by atoms with van der Waals surface area (Å²) < 4.78 is 43.1. The molecule has 224 valence electrons. The fourth-order valence-corrected chi connectivity index (χ4v) is 4.45. The number of anilines is 2. The molecule has 5 rings (SSSR count). The highest BCUT2D eigenvalue weighted by molar-refractivity contribution is 5.93. The number of fused-ring (bicyclic) bond motifs is 1. The number of benzene rings is 3. The average molecular weight is 600 g/mol. The van der Waals surface area contributed by atoms with Crippen LogP contribution in [0.2, 0.25) is 0 Å². The van der Waals surface area contributed by atoms with Gasteiger partial charge in [-0.2, -0.15) is 0 Å². The summed E-state index contributed by atoms with van der Waals surface area (Å²) in [4.78, 5) is 40.1. The number of nitrogens with zero attached hydrogens (tertiary/aromatic N) is 5. The average Bonchev–Trinajstić information content (AvgIpc) is 3.00. The Kier molecular flexibility index (Phi) is 9.10. The van der Waals surface area contributed by atoms with E-state index in [2.05, 4.69) is 30.5 Å². The van der Waals surface area contributed by atoms with Gasteiger partial charge in [0.1, 0.15) is 11.4 Å². The van der Waals surface area contributed by atoms with Crippen LogP contribution in [0.15, 0.2) is 84.2 Å². The number of carbonyl (C=O) groups excluding carboxylic acids is 1. The maximum Gasteiger partial charge on any atom is 0.266 e. The lowest BCUT2D eigenvalue weighted by Gasteiger charge is -2.11. The zero-order valence-electron chi connectivity index (χ0n) is 23.9. The topological polar surface area (TPSA) is 105 Å². The smallest absolute Gasteiger partial charge is 0.266 e. The van der Waals surface area contributed by atoms with E-state index >= 15 is 4.39 Å². The van der Waals surface area contributed by atoms with Gasteiger partial charge in [0.15, 0.2) is 11.6 Å². The molecule has 0 spiro atoms. The molecule has 2 heterocycles. The summed E-state index contributed by atoms with van der Waals surface area (Å²) in [5.41, 5.74) is 2.11. The van der Waals surface area contributed by atoms with Crippen LogP contribution in [0.3, 0.4) is 0 Å². The van der Waals surface area contributed by atoms with Gasteiger partial charge in [-0.3, -0.25) is 14.2 Å². The summed E-state index contributed by atoms with van der Waals surface area (Å²) in [6.07, 6.45) is 6.77. The number of aromatic nitrogens is 4. The van der Waals surface area contributed by atoms with E-state index in [0.717, 1.165) is 35.1 Å². The summed E-state index contributed by atoms with van der Waals surface area (Å²) in [5.74, 6) is -2.91. The van der Waals surface area contributed by atoms with Crippen LogP contribution in [0, 0.1) is 17.5 Å². The van der Waals surface area contributed by atoms with Crippen molar-refractivity contribution < 1.29 is 18.0 Å². The second-order valence-corrected chi connectivity index (χ2v) is 10.3. The third kappa shape index (κ3) is 7.16. The molecule has 0 radical (unpaired) electrons. The largest absolute Gasteiger partial charge is 0.348 e. The number of rotatable bonds is 10. The van der Waals surface area contributed by atoms with E-state index in [-0.39, 0.29) is 29.6 Å². The molecule has 0 aliphatic heterocycles. The first-order valence-corrected chi connectivity index (χ1v) is 13.6. The van der Waals surface area contributed by atoms with Gasteiger partial charge in [0.25, 0.3) is 11.5 Å². The standard InChI is InChI=1S/C32H28F3N7O2/c1-41(2)17-20-5-9-23(10-6-20)39-32-38-16-24-28(40-32)12-8-22(29(24)35)4-3-13-37-30(43)25-15-36-19-42(31(25)44)18-21-7-11-26(33)27(34)14-21/h3-12,14-16,19H,13,17-18H2,1-2H3,(H,37,43)(H,38,39,40). The molecule has 5 aromatic rings. The van der Waals surface area contributed by atoms with E-state index in [4.69, 9.17) is 0 Å². The molecule has 12 heteroatoms. The summed E-state index contributed by atoms with van der Waals surface area (Å²) in [6.45, 7) is 0.724. The van der Waals surface area contributed by atoms with Crippen molar-refractivity contribution in [2.75, 3.05) is 26.0 Å². The summed E-state index contributed by atoms with van der Waals surface area (Å²) in [5, 5.41) is 5.94. The van der Waals surface area contributed by atoms with Gasteiger partial charge in [-0.15, -0.1) is 0 Å². The highest BCUT2D eigenvalue weighted by Crippen LogP contribution is 2.23. The minimum absolute atomic E-state index is 0.000505. The molecular formula is C32H28F3N7O2. The second kappa shape index (κ2) is 13.3. The maximum absolute atomic E-state index is 15.2. The van der Waals surface area contributed by atoms with Crippen LogP contribution >= 0.6 is 0 Å².